The summed E-state index contributed by atoms with van der Waals surface area (Å²) >= 11 is 0. The summed E-state index contributed by atoms with van der Waals surface area (Å²) in [6.45, 7) is 9.63. The molecular weight excluding hydrogens is 1060 g/mol. The van der Waals surface area contributed by atoms with E-state index in [0.29, 0.717) is 0 Å². The molecule has 6 rings (SSSR count). The van der Waals surface area contributed by atoms with Gasteiger partial charge in [0.15, 0.2) is 17.9 Å². The van der Waals surface area contributed by atoms with Gasteiger partial charge in [-0.05, 0) is 51.5 Å². The Hall–Kier alpha value is -7.59. The van der Waals surface area contributed by atoms with Gasteiger partial charge in [0, 0.05) is 36.0 Å². The number of aliphatic hydroxyl groups is 3. The van der Waals surface area contributed by atoms with Crippen LogP contribution in [0.25, 0.3) is 0 Å². The number of hydrogen-bond acceptors (Lipinski definition) is 19. The van der Waals surface area contributed by atoms with Crippen molar-refractivity contribution >= 4 is 64.8 Å². The van der Waals surface area contributed by atoms with Gasteiger partial charge in [-0.15, -0.1) is 0 Å². The molecule has 0 radical (unpaired) electrons. The molecule has 2 unspecified atom stereocenters. The van der Waals surface area contributed by atoms with Crippen molar-refractivity contribution in [1.29, 1.82) is 0 Å². The highest BCUT2D eigenvalue weighted by Gasteiger charge is 2.64. The predicted octanol–water partition coefficient (Wildman–Crippen LogP) is -1.04. The third-order valence-corrected chi connectivity index (χ3v) is 15.0. The number of fused-ring (bicyclic) bond motifs is 3. The molecule has 1 aliphatic heterocycles. The third kappa shape index (κ3) is 12.2. The topological polar surface area (TPSA) is 437 Å². The number of aliphatic carboxylic acids is 3. The maximum absolute atomic E-state index is 14.2. The summed E-state index contributed by atoms with van der Waals surface area (Å²) in [6, 6.07) is -2.58. The van der Waals surface area contributed by atoms with Gasteiger partial charge in [0.1, 0.15) is 59.7 Å². The van der Waals surface area contributed by atoms with Crippen LogP contribution < -0.4 is 31.3 Å². The second-order valence-electron chi connectivity index (χ2n) is 21.6. The molecule has 2 aromatic rings. The van der Waals surface area contributed by atoms with E-state index < -0.39 is 191 Å². The second kappa shape index (κ2) is 24.4. The number of amides is 5. The Morgan fingerprint density at radius 1 is 0.713 bits per heavy atom. The molecule has 0 spiro atoms. The molecule has 0 aromatic heterocycles. The van der Waals surface area contributed by atoms with Crippen LogP contribution >= 0.6 is 0 Å². The smallest absolute Gasteiger partial charge is 0.308 e. The fourth-order valence-corrected chi connectivity index (χ4v) is 10.9. The van der Waals surface area contributed by atoms with Crippen LogP contribution in [0.5, 0.6) is 17.2 Å². The molecule has 0 bridgehead atoms. The molecule has 13 N–H and O–H groups in total. The molecular formula is C53H67N5O22. The Bertz CT molecular complexity index is 2850. The van der Waals surface area contributed by atoms with E-state index in [1.54, 1.807) is 27.7 Å². The SMILES string of the molecule is COc1cccc2c1C(=O)c1c(O)c3c(c(O)c1C2=O)C[C@@](O)(C(=O)CO)C[C@@H]3O[C@H]1C[C@H](NC(=O)[C@H](CC(C)C)NC(=O)[C@H](C)NC(=O)[C@H](CC(C)C)NC(=O)[C@H](C)NC(=O)C2C(C(=O)O)C(C(=O)O)C2C(=O)O)[C@H](O)[C@H](C)O1. The number of carbonyl (C=O) groups excluding carboxylic acids is 8. The van der Waals surface area contributed by atoms with Crippen LogP contribution in [0.2, 0.25) is 0 Å². The monoisotopic (exact) mass is 1130 g/mol. The number of Topliss-reactive ketones (excluding diaryl/α,β-unsaturated/α-hetero) is 1. The fraction of sp³-hybridized carbons (Fsp3) is 0.566. The van der Waals surface area contributed by atoms with Crippen molar-refractivity contribution in [2.75, 3.05) is 13.7 Å². The highest BCUT2D eigenvalue weighted by Crippen LogP contribution is 2.53. The summed E-state index contributed by atoms with van der Waals surface area (Å²) in [5.74, 6) is -22.6. The van der Waals surface area contributed by atoms with Crippen molar-refractivity contribution in [2.45, 2.75) is 141 Å². The number of nitrogens with one attached hydrogen (secondary N) is 5. The van der Waals surface area contributed by atoms with E-state index in [2.05, 4.69) is 26.6 Å². The van der Waals surface area contributed by atoms with Gasteiger partial charge in [0.25, 0.3) is 0 Å². The Kier molecular flexibility index (Phi) is 18.8. The Morgan fingerprint density at radius 3 is 1.76 bits per heavy atom. The molecule has 436 valence electrons. The van der Waals surface area contributed by atoms with E-state index >= 15 is 0 Å². The summed E-state index contributed by atoms with van der Waals surface area (Å²) in [5, 5.41) is 97.7. The van der Waals surface area contributed by atoms with E-state index in [4.69, 9.17) is 14.2 Å². The maximum atomic E-state index is 14.2. The zero-order valence-corrected chi connectivity index (χ0v) is 44.9. The number of carboxylic acids is 3. The quantitative estimate of drug-likeness (QED) is 0.0535. The average Bonchev–Trinajstić information content (AvgIpc) is 3.36. The van der Waals surface area contributed by atoms with Gasteiger partial charge in [-0.25, -0.2) is 0 Å². The van der Waals surface area contributed by atoms with Crippen LogP contribution in [0, 0.1) is 35.5 Å². The van der Waals surface area contributed by atoms with E-state index in [-0.39, 0.29) is 59.1 Å². The number of phenols is 2. The van der Waals surface area contributed by atoms with Crippen molar-refractivity contribution in [3.8, 4) is 17.2 Å². The number of phenolic OH excluding ortho intramolecular Hbond substituents is 2. The van der Waals surface area contributed by atoms with Crippen molar-refractivity contribution in [3.63, 3.8) is 0 Å². The first-order valence-electron chi connectivity index (χ1n) is 25.8. The molecule has 2 fully saturated rings. The Balaban J connectivity index is 1.15. The summed E-state index contributed by atoms with van der Waals surface area (Å²) in [6.07, 6.45) is -7.43. The first-order chi connectivity index (χ1) is 37.4. The minimum Gasteiger partial charge on any atom is -0.507 e. The second-order valence-corrected chi connectivity index (χ2v) is 21.6. The molecule has 12 atom stereocenters. The molecule has 4 aliphatic rings. The number of methoxy groups -OCH3 is 1. The maximum Gasteiger partial charge on any atom is 0.308 e. The minimum atomic E-state index is -2.47. The van der Waals surface area contributed by atoms with E-state index in [1.807, 2.05) is 0 Å². The van der Waals surface area contributed by atoms with Crippen LogP contribution in [-0.2, 0) is 59.0 Å². The first-order valence-corrected chi connectivity index (χ1v) is 25.8. The van der Waals surface area contributed by atoms with Gasteiger partial charge in [-0.1, -0.05) is 39.8 Å². The van der Waals surface area contributed by atoms with Gasteiger partial charge < -0.3 is 81.6 Å². The third-order valence-electron chi connectivity index (χ3n) is 15.0. The predicted molar refractivity (Wildman–Crippen MR) is 271 cm³/mol. The van der Waals surface area contributed by atoms with Crippen LogP contribution in [0.3, 0.4) is 0 Å². The molecule has 1 saturated heterocycles. The number of aliphatic hydroxyl groups excluding tert-OH is 2. The zero-order chi connectivity index (χ0) is 59.7. The summed E-state index contributed by atoms with van der Waals surface area (Å²) in [5.41, 5.74) is -4.70. The number of rotatable bonds is 22. The molecule has 1 saturated carbocycles. The number of benzene rings is 2. The summed E-state index contributed by atoms with van der Waals surface area (Å²) in [4.78, 5) is 145. The van der Waals surface area contributed by atoms with E-state index in [1.165, 1.54) is 39.2 Å². The number of ether oxygens (including phenoxy) is 3. The van der Waals surface area contributed by atoms with Crippen molar-refractivity contribution in [2.24, 2.45) is 35.5 Å². The molecule has 27 nitrogen and oxygen atoms in total. The van der Waals surface area contributed by atoms with E-state index in [0.717, 1.165) is 6.92 Å². The summed E-state index contributed by atoms with van der Waals surface area (Å²) in [7, 11) is 1.26. The Morgan fingerprint density at radius 2 is 1.24 bits per heavy atom. The van der Waals surface area contributed by atoms with Gasteiger partial charge in [-0.2, -0.15) is 0 Å². The van der Waals surface area contributed by atoms with E-state index in [9.17, 15) is 93.6 Å². The molecule has 27 heteroatoms. The van der Waals surface area contributed by atoms with Crippen LogP contribution in [0.4, 0.5) is 0 Å². The largest absolute Gasteiger partial charge is 0.507 e. The first kappa shape index (κ1) is 61.6. The molecule has 2 aromatic carbocycles. The van der Waals surface area contributed by atoms with Crippen LogP contribution in [0.15, 0.2) is 18.2 Å². The lowest BCUT2D eigenvalue weighted by Crippen LogP contribution is -2.63. The lowest BCUT2D eigenvalue weighted by Gasteiger charge is -2.44. The van der Waals surface area contributed by atoms with Gasteiger partial charge in [0.05, 0.1) is 65.7 Å². The van der Waals surface area contributed by atoms with Crippen molar-refractivity contribution in [1.82, 2.24) is 26.6 Å². The van der Waals surface area contributed by atoms with Crippen LogP contribution in [-0.4, -0.2) is 174 Å². The van der Waals surface area contributed by atoms with Crippen molar-refractivity contribution in [3.05, 3.63) is 51.6 Å². The average molecular weight is 1130 g/mol. The number of carbonyl (C=O) groups is 11. The molecule has 80 heavy (non-hydrogen) atoms. The molecule has 1 heterocycles. The highest BCUT2D eigenvalue weighted by molar-refractivity contribution is 6.31. The van der Waals surface area contributed by atoms with Crippen molar-refractivity contribution < 1.29 is 108 Å². The number of hydrogen-bond donors (Lipinski definition) is 13. The van der Waals surface area contributed by atoms with Gasteiger partial charge >= 0.3 is 17.9 Å². The normalized spacial score (nSPS) is 26.4. The number of ketones is 3. The molecule has 3 aliphatic carbocycles. The number of carboxylic acid groups (broad SMARTS) is 3. The van der Waals surface area contributed by atoms with Gasteiger partial charge in [0.2, 0.25) is 35.3 Å². The van der Waals surface area contributed by atoms with Gasteiger partial charge in [-0.3, -0.25) is 52.7 Å². The summed E-state index contributed by atoms with van der Waals surface area (Å²) < 4.78 is 17.6. The highest BCUT2D eigenvalue weighted by atomic mass is 16.7. The van der Waals surface area contributed by atoms with Crippen LogP contribution in [0.1, 0.15) is 123 Å². The standard InChI is InChI=1S/C53H67N5O22/c1-18(2)12-26(57-46(67)21(6)55-49(70)34-35(50(71)72)37(52(75)76)36(34)51(73)74)47(68)54-20(5)45(66)58-27(13-19(3)4)48(69)56-25-14-31(79-22(7)40(25)61)80-29-16-53(77,30(60)17-59)15-24-33(29)44(65)39-38(42(24)63)41(62)23-10-9-11-28(78-8)32(23)43(39)64/h9-11,18-22,25-27,29,31,34-37,40,59,61,63,65,77H,12-17H2,1-8H3,(H,54,68)(H,55,70)(H,56,69)(H,57,67)(H,58,66)(H,71,72)(H,73,74)(H,75,76)/t20-,21-,22-,25-,26-,27-,29-,31-,34?,35?,36?,37?,40+,53-/m0/s1. The lowest BCUT2D eigenvalue weighted by molar-refractivity contribution is -0.249. The lowest BCUT2D eigenvalue weighted by atomic mass is 9.56. The Labute approximate surface area is 457 Å². The number of aromatic hydroxyl groups is 2. The minimum absolute atomic E-state index is 0.00769. The fourth-order valence-electron chi connectivity index (χ4n) is 10.9. The molecule has 5 amide bonds. The zero-order valence-electron chi connectivity index (χ0n) is 44.9.